The van der Waals surface area contributed by atoms with Crippen LogP contribution in [0.3, 0.4) is 0 Å². The van der Waals surface area contributed by atoms with Gasteiger partial charge in [-0.2, -0.15) is 5.10 Å². The number of phenols is 1. The van der Waals surface area contributed by atoms with Gasteiger partial charge in [-0.15, -0.1) is 0 Å². The minimum atomic E-state index is -0.651. The van der Waals surface area contributed by atoms with Gasteiger partial charge in [0, 0.05) is 24.0 Å². The summed E-state index contributed by atoms with van der Waals surface area (Å²) in [4.78, 5) is 47.5. The molecule has 0 aliphatic heterocycles. The number of benzene rings is 2. The lowest BCUT2D eigenvalue weighted by molar-refractivity contribution is -0.122. The van der Waals surface area contributed by atoms with Gasteiger partial charge in [0.15, 0.2) is 5.82 Å². The molecule has 2 amide bonds. The number of phenolic OH excluding ortho intramolecular Hbond substituents is 1. The Hall–Kier alpha value is -4.67. The van der Waals surface area contributed by atoms with Crippen LogP contribution in [0.1, 0.15) is 25.5 Å². The number of aromatic hydroxyl groups is 1. The summed E-state index contributed by atoms with van der Waals surface area (Å²) in [6, 6.07) is 11.4. The number of aromatic nitrogens is 2. The van der Waals surface area contributed by atoms with E-state index in [1.807, 2.05) is 6.92 Å². The molecule has 34 heavy (non-hydrogen) atoms. The highest BCUT2D eigenvalue weighted by atomic mass is 16.3. The fourth-order valence-electron chi connectivity index (χ4n) is 3.45. The molecular weight excluding hydrogens is 440 g/mol. The fraction of sp³-hybridized carbons (Fsp3) is 0.174. The Bertz CT molecular complexity index is 1470. The van der Waals surface area contributed by atoms with Crippen molar-refractivity contribution in [2.24, 2.45) is 0 Å². The minimum absolute atomic E-state index is 0.0999. The molecule has 0 aliphatic rings. The van der Waals surface area contributed by atoms with E-state index in [2.05, 4.69) is 31.5 Å². The smallest absolute Gasteiger partial charge is 0.253 e. The average molecular weight is 462 g/mol. The van der Waals surface area contributed by atoms with Crippen molar-refractivity contribution in [3.05, 3.63) is 68.5 Å². The van der Waals surface area contributed by atoms with Crippen LogP contribution in [0.15, 0.2) is 52.1 Å². The van der Waals surface area contributed by atoms with Crippen molar-refractivity contribution >= 4 is 45.6 Å². The third-order valence-electron chi connectivity index (χ3n) is 5.23. The molecule has 4 aromatic rings. The molecule has 0 bridgehead atoms. The molecule has 0 unspecified atom stereocenters. The van der Waals surface area contributed by atoms with E-state index in [0.29, 0.717) is 16.6 Å². The van der Waals surface area contributed by atoms with E-state index in [4.69, 9.17) is 0 Å². The molecule has 0 spiro atoms. The lowest BCUT2D eigenvalue weighted by atomic mass is 10.1. The third-order valence-corrected chi connectivity index (χ3v) is 5.23. The first-order chi connectivity index (χ1) is 16.2. The molecule has 0 saturated carbocycles. The van der Waals surface area contributed by atoms with E-state index in [-0.39, 0.29) is 41.4 Å². The maximum absolute atomic E-state index is 12.2. The van der Waals surface area contributed by atoms with Gasteiger partial charge in [-0.25, -0.2) is 0 Å². The largest absolute Gasteiger partial charge is 0.508 e. The van der Waals surface area contributed by atoms with Gasteiger partial charge < -0.3 is 26.4 Å². The second-order valence-corrected chi connectivity index (χ2v) is 7.78. The van der Waals surface area contributed by atoms with E-state index in [0.717, 1.165) is 5.56 Å². The number of hydrogen-bond donors (Lipinski definition) is 6. The molecule has 3 aromatic carbocycles. The molecule has 0 aliphatic carbocycles. The van der Waals surface area contributed by atoms with Crippen LogP contribution in [0, 0.1) is 0 Å². The first-order valence-electron chi connectivity index (χ1n) is 10.4. The van der Waals surface area contributed by atoms with Crippen LogP contribution in [-0.2, 0) is 9.59 Å². The Balaban J connectivity index is 1.53. The minimum Gasteiger partial charge on any atom is -0.508 e. The predicted molar refractivity (Wildman–Crippen MR) is 128 cm³/mol. The molecular formula is C23H22N6O5. The third kappa shape index (κ3) is 4.58. The van der Waals surface area contributed by atoms with Crippen LogP contribution in [0.4, 0.5) is 22.9 Å². The molecule has 174 valence electrons. The Morgan fingerprint density at radius 3 is 2.59 bits per heavy atom. The fourth-order valence-corrected chi connectivity index (χ4v) is 3.45. The van der Waals surface area contributed by atoms with Crippen LogP contribution in [0.2, 0.25) is 0 Å². The molecule has 1 heterocycles. The first kappa shape index (κ1) is 22.5. The number of anilines is 4. The molecule has 0 fully saturated rings. The standard InChI is InChI=1S/C23H22N6O5/c1-11(13-4-3-5-15(31)8-13)25-19-20(22(34)21(19)33)26-14-6-7-17-16(9-14)23(29-28-17)27-18(32)10-24-12(2)30/h3-9,11,25-26,31H,10H2,1-2H3,(H,24,30)(H2,27,28,29,32)/t11-/m1/s1. The Kier molecular flexibility index (Phi) is 6.00. The SMILES string of the molecule is CC(=O)NCC(=O)Nc1n[nH]c2ccc(Nc3c(N[C@H](C)c4cccc(O)c4)c(=O)c3=O)cc12. The summed E-state index contributed by atoms with van der Waals surface area (Å²) in [5.41, 5.74) is 0.880. The first-order valence-corrected chi connectivity index (χ1v) is 10.4. The maximum atomic E-state index is 12.2. The monoisotopic (exact) mass is 462 g/mol. The van der Waals surface area contributed by atoms with Crippen molar-refractivity contribution in [3.63, 3.8) is 0 Å². The summed E-state index contributed by atoms with van der Waals surface area (Å²) in [5, 5.41) is 28.1. The number of amides is 2. The van der Waals surface area contributed by atoms with Crippen molar-refractivity contribution in [2.45, 2.75) is 19.9 Å². The molecule has 1 atom stereocenters. The summed E-state index contributed by atoms with van der Waals surface area (Å²) >= 11 is 0. The predicted octanol–water partition coefficient (Wildman–Crippen LogP) is 1.86. The molecule has 4 rings (SSSR count). The van der Waals surface area contributed by atoms with Gasteiger partial charge in [0.05, 0.1) is 12.1 Å². The van der Waals surface area contributed by atoms with Crippen LogP contribution in [0.25, 0.3) is 10.9 Å². The summed E-state index contributed by atoms with van der Waals surface area (Å²) < 4.78 is 0. The normalized spacial score (nSPS) is 11.8. The van der Waals surface area contributed by atoms with Gasteiger partial charge in [0.25, 0.3) is 10.9 Å². The lowest BCUT2D eigenvalue weighted by Crippen LogP contribution is -2.37. The van der Waals surface area contributed by atoms with Gasteiger partial charge in [-0.05, 0) is 42.8 Å². The maximum Gasteiger partial charge on any atom is 0.253 e. The van der Waals surface area contributed by atoms with Crippen LogP contribution in [-0.4, -0.2) is 33.7 Å². The van der Waals surface area contributed by atoms with Gasteiger partial charge >= 0.3 is 0 Å². The number of hydrogen-bond acceptors (Lipinski definition) is 8. The molecule has 11 nitrogen and oxygen atoms in total. The number of rotatable bonds is 8. The molecule has 0 saturated heterocycles. The van der Waals surface area contributed by atoms with E-state index in [1.165, 1.54) is 6.92 Å². The van der Waals surface area contributed by atoms with E-state index in [9.17, 15) is 24.3 Å². The Labute approximate surface area is 192 Å². The van der Waals surface area contributed by atoms with Gasteiger partial charge in [0.2, 0.25) is 11.8 Å². The summed E-state index contributed by atoms with van der Waals surface area (Å²) in [6.07, 6.45) is 0. The van der Waals surface area contributed by atoms with Gasteiger partial charge in [-0.3, -0.25) is 24.3 Å². The van der Waals surface area contributed by atoms with Crippen molar-refractivity contribution in [3.8, 4) is 5.75 Å². The van der Waals surface area contributed by atoms with Crippen LogP contribution >= 0.6 is 0 Å². The molecule has 0 radical (unpaired) electrons. The zero-order valence-corrected chi connectivity index (χ0v) is 18.4. The molecule has 1 aromatic heterocycles. The number of fused-ring (bicyclic) bond motifs is 1. The molecule has 11 heteroatoms. The number of nitrogens with one attached hydrogen (secondary N) is 5. The number of aromatic amines is 1. The van der Waals surface area contributed by atoms with Gasteiger partial charge in [-0.1, -0.05) is 12.1 Å². The van der Waals surface area contributed by atoms with Crippen molar-refractivity contribution in [1.82, 2.24) is 15.5 Å². The lowest BCUT2D eigenvalue weighted by Gasteiger charge is -2.20. The topological polar surface area (TPSA) is 165 Å². The van der Waals surface area contributed by atoms with E-state index < -0.39 is 16.8 Å². The van der Waals surface area contributed by atoms with Crippen molar-refractivity contribution < 1.29 is 14.7 Å². The van der Waals surface area contributed by atoms with E-state index >= 15 is 0 Å². The summed E-state index contributed by atoms with van der Waals surface area (Å²) in [5.74, 6) is -0.418. The van der Waals surface area contributed by atoms with E-state index in [1.54, 1.807) is 42.5 Å². The number of carbonyl (C=O) groups is 2. The summed E-state index contributed by atoms with van der Waals surface area (Å²) in [6.45, 7) is 2.92. The summed E-state index contributed by atoms with van der Waals surface area (Å²) in [7, 11) is 0. The zero-order valence-electron chi connectivity index (χ0n) is 18.4. The van der Waals surface area contributed by atoms with Crippen molar-refractivity contribution in [2.75, 3.05) is 22.5 Å². The average Bonchev–Trinajstić information content (AvgIpc) is 3.21. The number of H-pyrrole nitrogens is 1. The highest BCUT2D eigenvalue weighted by molar-refractivity contribution is 6.02. The highest BCUT2D eigenvalue weighted by Crippen LogP contribution is 2.29. The number of carbonyl (C=O) groups excluding carboxylic acids is 2. The second-order valence-electron chi connectivity index (χ2n) is 7.78. The molecule has 6 N–H and O–H groups in total. The number of nitrogens with zero attached hydrogens (tertiary/aromatic N) is 1. The Morgan fingerprint density at radius 2 is 1.85 bits per heavy atom. The van der Waals surface area contributed by atoms with Crippen molar-refractivity contribution in [1.29, 1.82) is 0 Å². The second kappa shape index (κ2) is 9.06. The van der Waals surface area contributed by atoms with Crippen LogP contribution in [0.5, 0.6) is 5.75 Å². The highest BCUT2D eigenvalue weighted by Gasteiger charge is 2.23. The van der Waals surface area contributed by atoms with Crippen LogP contribution < -0.4 is 32.1 Å². The quantitative estimate of drug-likeness (QED) is 0.216. The Morgan fingerprint density at radius 1 is 1.09 bits per heavy atom. The van der Waals surface area contributed by atoms with Gasteiger partial charge in [0.1, 0.15) is 17.1 Å². The zero-order chi connectivity index (χ0) is 24.4.